The predicted molar refractivity (Wildman–Crippen MR) is 81.7 cm³/mol. The van der Waals surface area contributed by atoms with Gasteiger partial charge in [-0.1, -0.05) is 18.6 Å². The van der Waals surface area contributed by atoms with Crippen LogP contribution in [0, 0.1) is 5.92 Å². The van der Waals surface area contributed by atoms with Gasteiger partial charge in [0.1, 0.15) is 6.29 Å². The molecule has 0 spiro atoms. The van der Waals surface area contributed by atoms with Gasteiger partial charge in [0, 0.05) is 24.6 Å². The van der Waals surface area contributed by atoms with Gasteiger partial charge in [-0.25, -0.2) is 4.79 Å². The molecule has 0 aliphatic heterocycles. The minimum Gasteiger partial charge on any atom is -0.478 e. The molecule has 114 valence electrons. The first-order valence-electron chi connectivity index (χ1n) is 7.16. The third-order valence-electron chi connectivity index (χ3n) is 3.27. The van der Waals surface area contributed by atoms with E-state index < -0.39 is 5.97 Å². The van der Waals surface area contributed by atoms with Gasteiger partial charge in [-0.15, -0.1) is 6.58 Å². The van der Waals surface area contributed by atoms with Gasteiger partial charge in [-0.2, -0.15) is 0 Å². The van der Waals surface area contributed by atoms with Crippen molar-refractivity contribution < 1.29 is 14.7 Å². The van der Waals surface area contributed by atoms with Crippen LogP contribution in [0.4, 0.5) is 0 Å². The summed E-state index contributed by atoms with van der Waals surface area (Å²) < 4.78 is 0. The van der Waals surface area contributed by atoms with Crippen LogP contribution < -0.4 is 0 Å². The van der Waals surface area contributed by atoms with Crippen LogP contribution in [0.15, 0.2) is 24.3 Å². The molecule has 0 rings (SSSR count). The number of aliphatic carboxylic acids is 1. The number of hydrogen-bond acceptors (Lipinski definition) is 3. The summed E-state index contributed by atoms with van der Waals surface area (Å²) in [7, 11) is 1.96. The maximum atomic E-state index is 11.0. The number of allylic oxidation sites excluding steroid dienone is 1. The normalized spacial score (nSPS) is 13.2. The first kappa shape index (κ1) is 18.6. The van der Waals surface area contributed by atoms with Crippen LogP contribution in [0.1, 0.15) is 39.0 Å². The molecule has 1 atom stereocenters. The summed E-state index contributed by atoms with van der Waals surface area (Å²) >= 11 is 0. The Labute approximate surface area is 122 Å². The molecule has 0 aromatic rings. The lowest BCUT2D eigenvalue weighted by atomic mass is 10.0. The smallest absolute Gasteiger partial charge is 0.330 e. The molecule has 1 N–H and O–H groups in total. The number of aldehydes is 1. The number of carbonyl (C=O) groups is 2. The molecule has 0 aromatic heterocycles. The number of unbranched alkanes of at least 4 members (excludes halogenated alkanes) is 2. The molecular weight excluding hydrogens is 254 g/mol. The second kappa shape index (κ2) is 11.4. The summed E-state index contributed by atoms with van der Waals surface area (Å²) in [5.74, 6) is -0.810. The Balaban J connectivity index is 3.93. The largest absolute Gasteiger partial charge is 0.478 e. The van der Waals surface area contributed by atoms with Crippen molar-refractivity contribution in [2.24, 2.45) is 5.92 Å². The van der Waals surface area contributed by atoms with Crippen LogP contribution in [0.5, 0.6) is 0 Å². The Bertz CT molecular complexity index is 337. The van der Waals surface area contributed by atoms with Gasteiger partial charge in [0.05, 0.1) is 0 Å². The maximum Gasteiger partial charge on any atom is 0.330 e. The molecule has 4 nitrogen and oxygen atoms in total. The van der Waals surface area contributed by atoms with Crippen molar-refractivity contribution in [1.29, 1.82) is 0 Å². The number of carboxylic acid groups (broad SMARTS) is 1. The van der Waals surface area contributed by atoms with E-state index >= 15 is 0 Å². The average Bonchev–Trinajstić information content (AvgIpc) is 2.41. The highest BCUT2D eigenvalue weighted by atomic mass is 16.4. The molecule has 20 heavy (non-hydrogen) atoms. The number of carboxylic acids is 1. The molecule has 0 saturated carbocycles. The first-order valence-corrected chi connectivity index (χ1v) is 7.16. The van der Waals surface area contributed by atoms with Crippen molar-refractivity contribution in [2.45, 2.75) is 39.0 Å². The summed E-state index contributed by atoms with van der Waals surface area (Å²) in [6.45, 7) is 6.77. The van der Waals surface area contributed by atoms with E-state index in [1.54, 1.807) is 13.0 Å². The van der Waals surface area contributed by atoms with Gasteiger partial charge in [0.15, 0.2) is 0 Å². The third kappa shape index (κ3) is 9.50. The van der Waals surface area contributed by atoms with Gasteiger partial charge < -0.3 is 14.8 Å². The second-order valence-electron chi connectivity index (χ2n) is 5.21. The number of rotatable bonds is 12. The van der Waals surface area contributed by atoms with Gasteiger partial charge in [0.2, 0.25) is 0 Å². The lowest BCUT2D eigenvalue weighted by Crippen LogP contribution is -2.27. The van der Waals surface area contributed by atoms with E-state index in [0.29, 0.717) is 12.0 Å². The quantitative estimate of drug-likeness (QED) is 0.259. The molecule has 0 fully saturated rings. The third-order valence-corrected chi connectivity index (χ3v) is 3.27. The minimum absolute atomic E-state index is 0.0642. The fourth-order valence-electron chi connectivity index (χ4n) is 1.98. The van der Waals surface area contributed by atoms with E-state index in [1.807, 2.05) is 13.1 Å². The van der Waals surface area contributed by atoms with Crippen LogP contribution in [0.3, 0.4) is 0 Å². The van der Waals surface area contributed by atoms with Crippen LogP contribution in [-0.4, -0.2) is 42.4 Å². The Morgan fingerprint density at radius 1 is 1.35 bits per heavy atom. The van der Waals surface area contributed by atoms with Crippen LogP contribution in [0.25, 0.3) is 0 Å². The SMILES string of the molecule is C=CCCCCC(C=O)CN(C)CCC=C(C)C(=O)O. The molecule has 0 aromatic carbocycles. The number of nitrogens with zero attached hydrogens (tertiary/aromatic N) is 1. The minimum atomic E-state index is -0.874. The molecule has 0 heterocycles. The number of carbonyl (C=O) groups excluding carboxylic acids is 1. The summed E-state index contributed by atoms with van der Waals surface area (Å²) in [5.41, 5.74) is 0.370. The van der Waals surface area contributed by atoms with E-state index in [1.165, 1.54) is 0 Å². The molecule has 0 saturated heterocycles. The monoisotopic (exact) mass is 281 g/mol. The Kier molecular flexibility index (Phi) is 10.6. The molecule has 0 bridgehead atoms. The molecule has 0 aliphatic rings. The zero-order chi connectivity index (χ0) is 15.4. The molecular formula is C16H27NO3. The van der Waals surface area contributed by atoms with Crippen molar-refractivity contribution in [3.63, 3.8) is 0 Å². The zero-order valence-electron chi connectivity index (χ0n) is 12.7. The lowest BCUT2D eigenvalue weighted by Gasteiger charge is -2.19. The van der Waals surface area contributed by atoms with Crippen molar-refractivity contribution in [3.05, 3.63) is 24.3 Å². The average molecular weight is 281 g/mol. The lowest BCUT2D eigenvalue weighted by molar-refractivity contribution is -0.132. The van der Waals surface area contributed by atoms with Gasteiger partial charge in [-0.3, -0.25) is 0 Å². The van der Waals surface area contributed by atoms with Crippen LogP contribution >= 0.6 is 0 Å². The highest BCUT2D eigenvalue weighted by molar-refractivity contribution is 5.85. The summed E-state index contributed by atoms with van der Waals surface area (Å²) in [5, 5.41) is 8.74. The summed E-state index contributed by atoms with van der Waals surface area (Å²) in [4.78, 5) is 23.8. The van der Waals surface area contributed by atoms with E-state index in [4.69, 9.17) is 5.11 Å². The van der Waals surface area contributed by atoms with E-state index in [2.05, 4.69) is 11.5 Å². The van der Waals surface area contributed by atoms with Crippen molar-refractivity contribution in [1.82, 2.24) is 4.90 Å². The van der Waals surface area contributed by atoms with E-state index in [9.17, 15) is 9.59 Å². The second-order valence-corrected chi connectivity index (χ2v) is 5.21. The van der Waals surface area contributed by atoms with Crippen LogP contribution in [0.2, 0.25) is 0 Å². The van der Waals surface area contributed by atoms with Crippen molar-refractivity contribution in [2.75, 3.05) is 20.1 Å². The fraction of sp³-hybridized carbons (Fsp3) is 0.625. The summed E-state index contributed by atoms with van der Waals surface area (Å²) in [6.07, 6.45) is 9.38. The van der Waals surface area contributed by atoms with E-state index in [-0.39, 0.29) is 5.92 Å². The number of hydrogen-bond donors (Lipinski definition) is 1. The standard InChI is InChI=1S/C16H27NO3/c1-4-5-6-7-10-15(13-18)12-17(3)11-8-9-14(2)16(19)20/h4,9,13,15H,1,5-8,10-12H2,2-3H3,(H,19,20). The maximum absolute atomic E-state index is 11.0. The molecule has 0 aliphatic carbocycles. The molecule has 0 radical (unpaired) electrons. The zero-order valence-corrected chi connectivity index (χ0v) is 12.7. The molecule has 4 heteroatoms. The Morgan fingerprint density at radius 2 is 2.05 bits per heavy atom. The highest BCUT2D eigenvalue weighted by Crippen LogP contribution is 2.10. The summed E-state index contributed by atoms with van der Waals surface area (Å²) in [6, 6.07) is 0. The predicted octanol–water partition coefficient (Wildman–Crippen LogP) is 2.90. The van der Waals surface area contributed by atoms with Gasteiger partial charge in [-0.05, 0) is 39.7 Å². The van der Waals surface area contributed by atoms with Gasteiger partial charge in [0.25, 0.3) is 0 Å². The Hall–Kier alpha value is -1.42. The first-order chi connectivity index (χ1) is 9.51. The van der Waals surface area contributed by atoms with Crippen molar-refractivity contribution in [3.8, 4) is 0 Å². The fourth-order valence-corrected chi connectivity index (χ4v) is 1.98. The van der Waals surface area contributed by atoms with Crippen molar-refractivity contribution >= 4 is 12.3 Å². The highest BCUT2D eigenvalue weighted by Gasteiger charge is 2.10. The van der Waals surface area contributed by atoms with Crippen LogP contribution in [-0.2, 0) is 9.59 Å². The molecule has 1 unspecified atom stereocenters. The van der Waals surface area contributed by atoms with E-state index in [0.717, 1.165) is 45.1 Å². The molecule has 0 amide bonds. The Morgan fingerprint density at radius 3 is 2.60 bits per heavy atom. The topological polar surface area (TPSA) is 57.6 Å². The van der Waals surface area contributed by atoms with Gasteiger partial charge >= 0.3 is 5.97 Å².